The molecule has 1 fully saturated rings. The molecule has 0 amide bonds. The van der Waals surface area contributed by atoms with Crippen molar-refractivity contribution in [2.45, 2.75) is 0 Å². The number of fused-ring (bicyclic) bond motifs is 1. The van der Waals surface area contributed by atoms with E-state index in [1.165, 1.54) is 0 Å². The number of rotatable bonds is 0. The first kappa shape index (κ1) is 5.23. The molecular formula is C6H9N3. The summed E-state index contributed by atoms with van der Waals surface area (Å²) in [6, 6.07) is 0. The molecule has 2 radical (unpaired) electrons. The van der Waals surface area contributed by atoms with Gasteiger partial charge in [-0.3, -0.25) is 10.3 Å². The second-order valence-corrected chi connectivity index (χ2v) is 2.24. The van der Waals surface area contributed by atoms with Crippen LogP contribution >= 0.6 is 0 Å². The Hall–Kier alpha value is -0.570. The fraction of sp³-hybridized carbons (Fsp3) is 0.667. The Kier molecular flexibility index (Phi) is 1.16. The molecule has 0 aromatic rings. The summed E-state index contributed by atoms with van der Waals surface area (Å²) in [5.74, 6) is 1.02. The van der Waals surface area contributed by atoms with E-state index < -0.39 is 0 Å². The third kappa shape index (κ3) is 0.812. The lowest BCUT2D eigenvalue weighted by molar-refractivity contribution is 0.430. The smallest absolute Gasteiger partial charge is 0.132 e. The highest BCUT2D eigenvalue weighted by atomic mass is 15.3. The Balaban J connectivity index is 2.09. The minimum Gasteiger partial charge on any atom is -0.356 e. The summed E-state index contributed by atoms with van der Waals surface area (Å²) in [6.07, 6.45) is 0. The first-order valence-electron chi connectivity index (χ1n) is 3.25. The molecule has 0 atom stereocenters. The molecule has 0 bridgehead atoms. The third-order valence-electron chi connectivity index (χ3n) is 1.64. The molecule has 2 rings (SSSR count). The summed E-state index contributed by atoms with van der Waals surface area (Å²) in [5, 5.41) is 3.03. The molecule has 0 unspecified atom stereocenters. The molecule has 2 heterocycles. The Morgan fingerprint density at radius 3 is 3.44 bits per heavy atom. The predicted molar refractivity (Wildman–Crippen MR) is 35.1 cm³/mol. The van der Waals surface area contributed by atoms with E-state index in [0.29, 0.717) is 0 Å². The molecule has 2 aliphatic heterocycles. The van der Waals surface area contributed by atoms with Gasteiger partial charge in [-0.25, -0.2) is 0 Å². The van der Waals surface area contributed by atoms with Crippen LogP contribution in [0.25, 0.3) is 0 Å². The van der Waals surface area contributed by atoms with E-state index in [1.54, 1.807) is 0 Å². The number of hydrogen-bond acceptors (Lipinski definition) is 3. The largest absolute Gasteiger partial charge is 0.356 e. The molecule has 0 aromatic carbocycles. The van der Waals surface area contributed by atoms with Gasteiger partial charge in [0.1, 0.15) is 12.4 Å². The average Bonchev–Trinajstić information content (AvgIpc) is 2.33. The van der Waals surface area contributed by atoms with Crippen molar-refractivity contribution in [1.29, 1.82) is 0 Å². The van der Waals surface area contributed by atoms with Crippen LogP contribution in [0, 0.1) is 6.54 Å². The van der Waals surface area contributed by atoms with E-state index in [0.717, 1.165) is 32.0 Å². The molecule has 9 heavy (non-hydrogen) atoms. The minimum absolute atomic E-state index is 0.948. The number of nitrogens with one attached hydrogen (secondary N) is 1. The van der Waals surface area contributed by atoms with Crippen molar-refractivity contribution in [2.75, 3.05) is 26.2 Å². The van der Waals surface area contributed by atoms with Gasteiger partial charge in [0.15, 0.2) is 0 Å². The average molecular weight is 123 g/mol. The molecule has 3 nitrogen and oxygen atoms in total. The Labute approximate surface area is 54.8 Å². The van der Waals surface area contributed by atoms with Gasteiger partial charge in [-0.05, 0) is 0 Å². The lowest BCUT2D eigenvalue weighted by Crippen LogP contribution is -2.42. The lowest BCUT2D eigenvalue weighted by Gasteiger charge is -2.24. The van der Waals surface area contributed by atoms with Crippen molar-refractivity contribution in [3.8, 4) is 0 Å². The van der Waals surface area contributed by atoms with E-state index in [2.05, 4.69) is 21.8 Å². The van der Waals surface area contributed by atoms with Crippen molar-refractivity contribution in [3.05, 3.63) is 6.54 Å². The van der Waals surface area contributed by atoms with Gasteiger partial charge >= 0.3 is 0 Å². The van der Waals surface area contributed by atoms with Gasteiger partial charge in [-0.15, -0.1) is 0 Å². The summed E-state index contributed by atoms with van der Waals surface area (Å²) in [7, 11) is 0. The van der Waals surface area contributed by atoms with Crippen LogP contribution in [0.2, 0.25) is 0 Å². The quantitative estimate of drug-likeness (QED) is 0.463. The van der Waals surface area contributed by atoms with E-state index in [-0.39, 0.29) is 0 Å². The maximum atomic E-state index is 4.23. The SMILES string of the molecule is [C]1NCCN2CCN=C12. The van der Waals surface area contributed by atoms with Gasteiger partial charge in [-0.1, -0.05) is 0 Å². The molecular weight excluding hydrogens is 114 g/mol. The topological polar surface area (TPSA) is 27.6 Å². The minimum atomic E-state index is 0.948. The number of piperazine rings is 1. The van der Waals surface area contributed by atoms with Crippen LogP contribution < -0.4 is 5.32 Å². The normalized spacial score (nSPS) is 25.8. The fourth-order valence-corrected chi connectivity index (χ4v) is 1.15. The van der Waals surface area contributed by atoms with Gasteiger partial charge in [0.2, 0.25) is 0 Å². The number of hydrogen-bond donors (Lipinski definition) is 1. The van der Waals surface area contributed by atoms with E-state index in [4.69, 9.17) is 0 Å². The van der Waals surface area contributed by atoms with Crippen molar-refractivity contribution in [3.63, 3.8) is 0 Å². The molecule has 2 aliphatic rings. The molecule has 0 aromatic heterocycles. The van der Waals surface area contributed by atoms with Gasteiger partial charge in [0.25, 0.3) is 0 Å². The van der Waals surface area contributed by atoms with Crippen LogP contribution in [-0.4, -0.2) is 36.9 Å². The predicted octanol–water partition coefficient (Wildman–Crippen LogP) is -0.658. The zero-order valence-electron chi connectivity index (χ0n) is 5.22. The maximum absolute atomic E-state index is 4.23. The van der Waals surface area contributed by atoms with E-state index in [9.17, 15) is 0 Å². The number of amidine groups is 1. The van der Waals surface area contributed by atoms with Gasteiger partial charge in [0.05, 0.1) is 6.54 Å². The van der Waals surface area contributed by atoms with Crippen molar-refractivity contribution in [2.24, 2.45) is 4.99 Å². The van der Waals surface area contributed by atoms with E-state index in [1.807, 2.05) is 0 Å². The summed E-state index contributed by atoms with van der Waals surface area (Å²) in [4.78, 5) is 6.47. The summed E-state index contributed by atoms with van der Waals surface area (Å²) >= 11 is 0. The van der Waals surface area contributed by atoms with Crippen LogP contribution in [0.3, 0.4) is 0 Å². The van der Waals surface area contributed by atoms with Crippen LogP contribution in [0.15, 0.2) is 4.99 Å². The molecule has 0 aliphatic carbocycles. The molecule has 1 saturated heterocycles. The fourth-order valence-electron chi connectivity index (χ4n) is 1.15. The van der Waals surface area contributed by atoms with Gasteiger partial charge in [0, 0.05) is 19.6 Å². The number of nitrogens with zero attached hydrogens (tertiary/aromatic N) is 2. The van der Waals surface area contributed by atoms with Crippen molar-refractivity contribution in [1.82, 2.24) is 10.2 Å². The summed E-state index contributed by atoms with van der Waals surface area (Å²) in [6.45, 7) is 7.14. The first-order valence-corrected chi connectivity index (χ1v) is 3.25. The highest BCUT2D eigenvalue weighted by molar-refractivity contribution is 5.91. The highest BCUT2D eigenvalue weighted by Crippen LogP contribution is 2.04. The molecule has 0 spiro atoms. The van der Waals surface area contributed by atoms with Crippen LogP contribution in [0.1, 0.15) is 0 Å². The van der Waals surface area contributed by atoms with Crippen molar-refractivity contribution < 1.29 is 0 Å². The number of aliphatic imine (C=N–C) groups is 1. The molecule has 48 valence electrons. The zero-order valence-corrected chi connectivity index (χ0v) is 5.22. The van der Waals surface area contributed by atoms with Crippen molar-refractivity contribution >= 4 is 5.84 Å². The monoisotopic (exact) mass is 123 g/mol. The second kappa shape index (κ2) is 1.99. The highest BCUT2D eigenvalue weighted by Gasteiger charge is 2.19. The zero-order chi connectivity index (χ0) is 6.10. The first-order chi connectivity index (χ1) is 4.47. The summed E-state index contributed by atoms with van der Waals surface area (Å²) in [5.41, 5.74) is 0. The standard InChI is InChI=1S/C6H9N3/c1-3-9-4-2-8-6(9)5-7-1/h7H,1-4H2. The third-order valence-corrected chi connectivity index (χ3v) is 1.64. The molecule has 0 saturated carbocycles. The van der Waals surface area contributed by atoms with Crippen LogP contribution in [-0.2, 0) is 0 Å². The summed E-state index contributed by atoms with van der Waals surface area (Å²) < 4.78 is 0. The van der Waals surface area contributed by atoms with Gasteiger partial charge in [-0.2, -0.15) is 0 Å². The van der Waals surface area contributed by atoms with Gasteiger partial charge < -0.3 is 4.90 Å². The molecule has 1 N–H and O–H groups in total. The Bertz CT molecular complexity index is 141. The van der Waals surface area contributed by atoms with Crippen LogP contribution in [0.4, 0.5) is 0 Å². The Morgan fingerprint density at radius 1 is 1.56 bits per heavy atom. The Morgan fingerprint density at radius 2 is 2.56 bits per heavy atom. The lowest BCUT2D eigenvalue weighted by atomic mass is 10.4. The second-order valence-electron chi connectivity index (χ2n) is 2.24. The van der Waals surface area contributed by atoms with Crippen LogP contribution in [0.5, 0.6) is 0 Å². The molecule has 3 heteroatoms. The maximum Gasteiger partial charge on any atom is 0.132 e. The van der Waals surface area contributed by atoms with E-state index >= 15 is 0 Å².